The van der Waals surface area contributed by atoms with Crippen molar-refractivity contribution < 1.29 is 4.74 Å². The maximum absolute atomic E-state index is 5.55. The van der Waals surface area contributed by atoms with Gasteiger partial charge in [0.05, 0.1) is 11.8 Å². The van der Waals surface area contributed by atoms with Crippen molar-refractivity contribution >= 4 is 0 Å². The third-order valence-electron chi connectivity index (χ3n) is 3.09. The van der Waals surface area contributed by atoms with Crippen LogP contribution in [0.2, 0.25) is 0 Å². The molecular weight excluding hydrogens is 224 g/mol. The van der Waals surface area contributed by atoms with Crippen LogP contribution in [0.15, 0.2) is 42.6 Å². The van der Waals surface area contributed by atoms with Crippen LogP contribution in [0.1, 0.15) is 24.2 Å². The number of nitrogens with zero attached hydrogens (tertiary/aromatic N) is 1. The van der Waals surface area contributed by atoms with Gasteiger partial charge < -0.3 is 10.5 Å². The van der Waals surface area contributed by atoms with Crippen LogP contribution in [-0.2, 0) is 11.3 Å². The van der Waals surface area contributed by atoms with E-state index < -0.39 is 0 Å². The van der Waals surface area contributed by atoms with Crippen molar-refractivity contribution in [2.45, 2.75) is 19.6 Å². The van der Waals surface area contributed by atoms with Gasteiger partial charge in [-0.2, -0.15) is 0 Å². The van der Waals surface area contributed by atoms with Crippen LogP contribution in [0.3, 0.4) is 0 Å². The number of ether oxygens (including phenoxy) is 1. The summed E-state index contributed by atoms with van der Waals surface area (Å²) in [5.74, 6) is 0. The van der Waals surface area contributed by atoms with Gasteiger partial charge in [0.2, 0.25) is 0 Å². The molecule has 0 spiro atoms. The van der Waals surface area contributed by atoms with E-state index in [9.17, 15) is 0 Å². The summed E-state index contributed by atoms with van der Waals surface area (Å²) in [6, 6.07) is 12.3. The van der Waals surface area contributed by atoms with E-state index in [2.05, 4.69) is 29.2 Å². The second-order valence-corrected chi connectivity index (χ2v) is 4.26. The molecule has 0 saturated heterocycles. The van der Waals surface area contributed by atoms with Crippen LogP contribution < -0.4 is 5.73 Å². The fraction of sp³-hybridized carbons (Fsp3) is 0.267. The van der Waals surface area contributed by atoms with Crippen LogP contribution in [0.4, 0.5) is 0 Å². The topological polar surface area (TPSA) is 48.1 Å². The molecule has 1 unspecified atom stereocenters. The van der Waals surface area contributed by atoms with E-state index in [0.29, 0.717) is 6.54 Å². The summed E-state index contributed by atoms with van der Waals surface area (Å²) in [5.41, 5.74) is 9.83. The average Bonchev–Trinajstić information content (AvgIpc) is 2.47. The molecule has 2 aromatic rings. The van der Waals surface area contributed by atoms with Gasteiger partial charge in [0.25, 0.3) is 0 Å². The molecule has 0 saturated carbocycles. The molecule has 0 fully saturated rings. The minimum Gasteiger partial charge on any atom is -0.377 e. The summed E-state index contributed by atoms with van der Waals surface area (Å²) in [6.07, 6.45) is 1.94. The van der Waals surface area contributed by atoms with Crippen molar-refractivity contribution in [3.8, 4) is 11.3 Å². The Morgan fingerprint density at radius 1 is 1.17 bits per heavy atom. The van der Waals surface area contributed by atoms with Gasteiger partial charge in [0, 0.05) is 25.4 Å². The minimum atomic E-state index is 0.117. The Morgan fingerprint density at radius 3 is 2.39 bits per heavy atom. The molecule has 1 aromatic heterocycles. The highest BCUT2D eigenvalue weighted by atomic mass is 16.5. The van der Waals surface area contributed by atoms with Crippen LogP contribution in [0.25, 0.3) is 11.3 Å². The smallest absolute Gasteiger partial charge is 0.0793 e. The summed E-state index contributed by atoms with van der Waals surface area (Å²) >= 11 is 0. The summed E-state index contributed by atoms with van der Waals surface area (Å²) < 4.78 is 5.28. The molecule has 1 heterocycles. The fourth-order valence-corrected chi connectivity index (χ4v) is 1.78. The van der Waals surface area contributed by atoms with Gasteiger partial charge in [-0.05, 0) is 24.1 Å². The highest BCUT2D eigenvalue weighted by Crippen LogP contribution is 2.21. The molecule has 2 rings (SSSR count). The number of aromatic nitrogens is 1. The standard InChI is InChI=1S/C15H18N2O/c1-11(18-2)13-4-6-14(7-5-13)15-8-3-12(9-16)10-17-15/h3-8,10-11H,9,16H2,1-2H3. The van der Waals surface area contributed by atoms with E-state index in [0.717, 1.165) is 16.8 Å². The van der Waals surface area contributed by atoms with Crippen molar-refractivity contribution in [2.24, 2.45) is 5.73 Å². The van der Waals surface area contributed by atoms with E-state index in [1.807, 2.05) is 25.3 Å². The summed E-state index contributed by atoms with van der Waals surface area (Å²) in [7, 11) is 1.71. The molecule has 94 valence electrons. The average molecular weight is 242 g/mol. The molecular formula is C15H18N2O. The van der Waals surface area contributed by atoms with Crippen LogP contribution in [-0.4, -0.2) is 12.1 Å². The van der Waals surface area contributed by atoms with E-state index >= 15 is 0 Å². The van der Waals surface area contributed by atoms with Crippen molar-refractivity contribution in [1.82, 2.24) is 4.98 Å². The quantitative estimate of drug-likeness (QED) is 0.896. The van der Waals surface area contributed by atoms with E-state index in [4.69, 9.17) is 10.5 Å². The minimum absolute atomic E-state index is 0.117. The van der Waals surface area contributed by atoms with E-state index in [1.165, 1.54) is 5.56 Å². The number of benzene rings is 1. The largest absolute Gasteiger partial charge is 0.377 e. The number of hydrogen-bond acceptors (Lipinski definition) is 3. The zero-order valence-electron chi connectivity index (χ0n) is 10.8. The summed E-state index contributed by atoms with van der Waals surface area (Å²) in [5, 5.41) is 0. The number of hydrogen-bond donors (Lipinski definition) is 1. The molecule has 0 aliphatic heterocycles. The molecule has 0 bridgehead atoms. The van der Waals surface area contributed by atoms with Crippen molar-refractivity contribution in [2.75, 3.05) is 7.11 Å². The maximum atomic E-state index is 5.55. The number of rotatable bonds is 4. The fourth-order valence-electron chi connectivity index (χ4n) is 1.78. The van der Waals surface area contributed by atoms with Crippen LogP contribution in [0.5, 0.6) is 0 Å². The first-order valence-corrected chi connectivity index (χ1v) is 6.02. The first-order chi connectivity index (χ1) is 8.74. The summed E-state index contributed by atoms with van der Waals surface area (Å²) in [4.78, 5) is 4.40. The van der Waals surface area contributed by atoms with Gasteiger partial charge >= 0.3 is 0 Å². The Hall–Kier alpha value is -1.71. The van der Waals surface area contributed by atoms with Gasteiger partial charge in [0.1, 0.15) is 0 Å². The van der Waals surface area contributed by atoms with Crippen LogP contribution >= 0.6 is 0 Å². The lowest BCUT2D eigenvalue weighted by molar-refractivity contribution is 0.119. The first kappa shape index (κ1) is 12.7. The van der Waals surface area contributed by atoms with Gasteiger partial charge in [-0.1, -0.05) is 30.3 Å². The molecule has 1 aromatic carbocycles. The lowest BCUT2D eigenvalue weighted by atomic mass is 10.1. The Balaban J connectivity index is 2.22. The Bertz CT molecular complexity index is 491. The van der Waals surface area contributed by atoms with E-state index in [-0.39, 0.29) is 6.10 Å². The lowest BCUT2D eigenvalue weighted by Crippen LogP contribution is -1.97. The van der Waals surface area contributed by atoms with Gasteiger partial charge in [-0.15, -0.1) is 0 Å². The third kappa shape index (κ3) is 2.75. The molecule has 0 aliphatic carbocycles. The van der Waals surface area contributed by atoms with Gasteiger partial charge in [0.15, 0.2) is 0 Å². The monoisotopic (exact) mass is 242 g/mol. The number of methoxy groups -OCH3 is 1. The maximum Gasteiger partial charge on any atom is 0.0793 e. The number of pyridine rings is 1. The molecule has 0 radical (unpaired) electrons. The predicted octanol–water partition coefficient (Wildman–Crippen LogP) is 2.91. The second-order valence-electron chi connectivity index (χ2n) is 4.26. The number of nitrogens with two attached hydrogens (primary N) is 1. The molecule has 18 heavy (non-hydrogen) atoms. The molecule has 3 heteroatoms. The predicted molar refractivity (Wildman–Crippen MR) is 73.0 cm³/mol. The lowest BCUT2D eigenvalue weighted by Gasteiger charge is -2.10. The van der Waals surface area contributed by atoms with E-state index in [1.54, 1.807) is 7.11 Å². The van der Waals surface area contributed by atoms with Gasteiger partial charge in [-0.3, -0.25) is 4.98 Å². The molecule has 3 nitrogen and oxygen atoms in total. The Morgan fingerprint density at radius 2 is 1.89 bits per heavy atom. The normalized spacial score (nSPS) is 12.4. The summed E-state index contributed by atoms with van der Waals surface area (Å²) in [6.45, 7) is 2.56. The second kappa shape index (κ2) is 5.76. The molecule has 1 atom stereocenters. The van der Waals surface area contributed by atoms with Gasteiger partial charge in [-0.25, -0.2) is 0 Å². The zero-order chi connectivity index (χ0) is 13.0. The van der Waals surface area contributed by atoms with Crippen LogP contribution in [0, 0.1) is 0 Å². The molecule has 0 aliphatic rings. The Labute approximate surface area is 108 Å². The highest BCUT2D eigenvalue weighted by molar-refractivity contribution is 5.59. The zero-order valence-corrected chi connectivity index (χ0v) is 10.8. The van der Waals surface area contributed by atoms with Crippen molar-refractivity contribution in [3.63, 3.8) is 0 Å². The van der Waals surface area contributed by atoms with Crippen molar-refractivity contribution in [3.05, 3.63) is 53.7 Å². The molecule has 2 N–H and O–H groups in total. The SMILES string of the molecule is COC(C)c1ccc(-c2ccc(CN)cn2)cc1. The highest BCUT2D eigenvalue weighted by Gasteiger charge is 2.04. The Kier molecular flexibility index (Phi) is 4.07. The third-order valence-corrected chi connectivity index (χ3v) is 3.09. The first-order valence-electron chi connectivity index (χ1n) is 6.02. The molecule has 0 amide bonds. The van der Waals surface area contributed by atoms with Crippen molar-refractivity contribution in [1.29, 1.82) is 0 Å².